The lowest BCUT2D eigenvalue weighted by molar-refractivity contribution is -0.122. The van der Waals surface area contributed by atoms with E-state index < -0.39 is 29.9 Å². The summed E-state index contributed by atoms with van der Waals surface area (Å²) in [6.45, 7) is 1.98. The third-order valence-electron chi connectivity index (χ3n) is 6.42. The van der Waals surface area contributed by atoms with Gasteiger partial charge in [-0.1, -0.05) is 66.7 Å². The van der Waals surface area contributed by atoms with Gasteiger partial charge >= 0.3 is 0 Å². The van der Waals surface area contributed by atoms with E-state index in [0.29, 0.717) is 23.9 Å². The number of carbonyl (C=O) groups excluding carboxylic acids is 2. The summed E-state index contributed by atoms with van der Waals surface area (Å²) in [5, 5.41) is 14.2. The van der Waals surface area contributed by atoms with E-state index in [-0.39, 0.29) is 12.1 Å². The molecule has 0 aliphatic rings. The van der Waals surface area contributed by atoms with Gasteiger partial charge in [0, 0.05) is 5.92 Å². The summed E-state index contributed by atoms with van der Waals surface area (Å²) in [7, 11) is 0. The number of rotatable bonds is 10. The zero-order chi connectivity index (χ0) is 25.5. The summed E-state index contributed by atoms with van der Waals surface area (Å²) in [5.74, 6) is -1.51. The predicted octanol–water partition coefficient (Wildman–Crippen LogP) is 3.37. The second-order valence-corrected chi connectivity index (χ2v) is 9.05. The molecule has 4 rings (SSSR count). The molecule has 0 aliphatic heterocycles. The first kappa shape index (κ1) is 25.0. The molecule has 7 heteroatoms. The van der Waals surface area contributed by atoms with E-state index in [9.17, 15) is 14.7 Å². The normalized spacial score (nSPS) is 13.6. The Balaban J connectivity index is 1.54. The summed E-state index contributed by atoms with van der Waals surface area (Å²) >= 11 is 0. The number of aliphatic hydroxyl groups is 1. The number of amides is 2. The first-order valence-corrected chi connectivity index (χ1v) is 12.0. The van der Waals surface area contributed by atoms with E-state index in [2.05, 4.69) is 15.3 Å². The summed E-state index contributed by atoms with van der Waals surface area (Å²) in [6.07, 6.45) is 1.33. The molecule has 7 nitrogen and oxygen atoms in total. The van der Waals surface area contributed by atoms with Crippen molar-refractivity contribution >= 4 is 22.8 Å². The molecule has 0 radical (unpaired) electrons. The highest BCUT2D eigenvalue weighted by atomic mass is 16.3. The Kier molecular flexibility index (Phi) is 8.02. The van der Waals surface area contributed by atoms with Crippen LogP contribution < -0.4 is 11.1 Å². The molecule has 36 heavy (non-hydrogen) atoms. The molecular formula is C29H30N4O3. The first-order chi connectivity index (χ1) is 17.4. The topological polar surface area (TPSA) is 118 Å². The van der Waals surface area contributed by atoms with E-state index in [0.717, 1.165) is 16.7 Å². The molecule has 0 unspecified atom stereocenters. The Morgan fingerprint density at radius 2 is 1.58 bits per heavy atom. The number of benzene rings is 3. The number of para-hydroxylation sites is 2. The number of aliphatic hydroxyl groups excluding tert-OH is 1. The molecule has 3 aromatic carbocycles. The minimum Gasteiger partial charge on any atom is -0.391 e. The second-order valence-electron chi connectivity index (χ2n) is 9.05. The monoisotopic (exact) mass is 482 g/mol. The van der Waals surface area contributed by atoms with Gasteiger partial charge in [-0.2, -0.15) is 0 Å². The van der Waals surface area contributed by atoms with Crippen molar-refractivity contribution in [2.45, 2.75) is 38.3 Å². The third-order valence-corrected chi connectivity index (χ3v) is 6.42. The number of hydrogen-bond acceptors (Lipinski definition) is 5. The van der Waals surface area contributed by atoms with E-state index in [1.54, 1.807) is 6.07 Å². The number of nitrogens with one attached hydrogen (secondary N) is 1. The quantitative estimate of drug-likeness (QED) is 0.320. The zero-order valence-corrected chi connectivity index (χ0v) is 20.2. The molecule has 184 valence electrons. The lowest BCUT2D eigenvalue weighted by atomic mass is 9.88. The van der Waals surface area contributed by atoms with Gasteiger partial charge in [0.25, 0.3) is 5.91 Å². The molecule has 1 aromatic heterocycles. The molecule has 1 heterocycles. The first-order valence-electron chi connectivity index (χ1n) is 12.0. The third kappa shape index (κ3) is 6.31. The highest BCUT2D eigenvalue weighted by molar-refractivity contribution is 5.94. The maximum absolute atomic E-state index is 13.1. The van der Waals surface area contributed by atoms with Crippen LogP contribution in [0.3, 0.4) is 0 Å². The number of nitrogens with zero attached hydrogens (tertiary/aromatic N) is 2. The second kappa shape index (κ2) is 11.6. The Bertz CT molecular complexity index is 1340. The fourth-order valence-corrected chi connectivity index (χ4v) is 4.32. The van der Waals surface area contributed by atoms with Crippen LogP contribution in [0.5, 0.6) is 0 Å². The molecule has 0 spiro atoms. The van der Waals surface area contributed by atoms with Gasteiger partial charge in [-0.3, -0.25) is 14.6 Å². The fraction of sp³-hybridized carbons (Fsp3) is 0.241. The van der Waals surface area contributed by atoms with Crippen molar-refractivity contribution in [3.63, 3.8) is 0 Å². The van der Waals surface area contributed by atoms with Crippen molar-refractivity contribution in [1.82, 2.24) is 15.3 Å². The van der Waals surface area contributed by atoms with Gasteiger partial charge in [0.2, 0.25) is 5.91 Å². The smallest absolute Gasteiger partial charge is 0.271 e. The number of aryl methyl sites for hydroxylation is 1. The van der Waals surface area contributed by atoms with Crippen LogP contribution in [0.1, 0.15) is 33.6 Å². The maximum atomic E-state index is 13.1. The van der Waals surface area contributed by atoms with Crippen LogP contribution in [-0.2, 0) is 17.6 Å². The van der Waals surface area contributed by atoms with E-state index >= 15 is 0 Å². The van der Waals surface area contributed by atoms with Gasteiger partial charge < -0.3 is 16.2 Å². The van der Waals surface area contributed by atoms with Crippen molar-refractivity contribution in [2.24, 2.45) is 11.7 Å². The number of primary amides is 1. The van der Waals surface area contributed by atoms with Crippen LogP contribution >= 0.6 is 0 Å². The minimum atomic E-state index is -1.01. The van der Waals surface area contributed by atoms with Crippen LogP contribution in [-0.4, -0.2) is 39.0 Å². The molecule has 4 aromatic rings. The van der Waals surface area contributed by atoms with E-state index in [4.69, 9.17) is 5.73 Å². The Morgan fingerprint density at radius 1 is 0.917 bits per heavy atom. The molecule has 0 bridgehead atoms. The molecule has 3 atom stereocenters. The summed E-state index contributed by atoms with van der Waals surface area (Å²) < 4.78 is 0. The highest BCUT2D eigenvalue weighted by Crippen LogP contribution is 2.20. The zero-order valence-electron chi connectivity index (χ0n) is 20.2. The number of carbonyl (C=O) groups is 2. The Labute approximate surface area is 210 Å². The van der Waals surface area contributed by atoms with Crippen molar-refractivity contribution < 1.29 is 14.7 Å². The Morgan fingerprint density at radius 3 is 2.31 bits per heavy atom. The Hall–Kier alpha value is -4.10. The molecular weight excluding hydrogens is 452 g/mol. The van der Waals surface area contributed by atoms with Crippen LogP contribution in [0.15, 0.2) is 85.1 Å². The van der Waals surface area contributed by atoms with E-state index in [1.807, 2.05) is 79.7 Å². The standard InChI is InChI=1S/C29H30N4O3/c1-19-9-5-6-12-21(19)16-22(28(30)35)17-27(34)25(15-20-10-3-2-4-11-20)33-29(36)26-18-31-23-13-7-8-14-24(23)32-26/h2-14,18,22,25,27,34H,15-17H2,1H3,(H2,30,35)(H,33,36)/t22-,25+,27+/m1/s1. The van der Waals surface area contributed by atoms with Crippen LogP contribution in [0.2, 0.25) is 0 Å². The van der Waals surface area contributed by atoms with Crippen molar-refractivity contribution in [3.05, 3.63) is 107 Å². The maximum Gasteiger partial charge on any atom is 0.271 e. The summed E-state index contributed by atoms with van der Waals surface area (Å²) in [6, 6.07) is 24.0. The van der Waals surface area contributed by atoms with Gasteiger partial charge in [-0.15, -0.1) is 0 Å². The minimum absolute atomic E-state index is 0.116. The lowest BCUT2D eigenvalue weighted by Crippen LogP contribution is -2.46. The van der Waals surface area contributed by atoms with Crippen LogP contribution in [0, 0.1) is 12.8 Å². The molecule has 4 N–H and O–H groups in total. The van der Waals surface area contributed by atoms with E-state index in [1.165, 1.54) is 6.20 Å². The van der Waals surface area contributed by atoms with Gasteiger partial charge in [0.05, 0.1) is 29.4 Å². The summed E-state index contributed by atoms with van der Waals surface area (Å²) in [5.41, 5.74) is 10.2. The van der Waals surface area contributed by atoms with Crippen molar-refractivity contribution in [1.29, 1.82) is 0 Å². The predicted molar refractivity (Wildman–Crippen MR) is 139 cm³/mol. The number of aromatic nitrogens is 2. The molecule has 0 fully saturated rings. The van der Waals surface area contributed by atoms with Gasteiger partial charge in [-0.05, 0) is 55.0 Å². The van der Waals surface area contributed by atoms with Gasteiger partial charge in [0.1, 0.15) is 5.69 Å². The SMILES string of the molecule is Cc1ccccc1C[C@H](C[C@H](O)[C@H](Cc1ccccc1)NC(=O)c1cnc2ccccc2n1)C(N)=O. The fourth-order valence-electron chi connectivity index (χ4n) is 4.32. The van der Waals surface area contributed by atoms with Gasteiger partial charge in [0.15, 0.2) is 0 Å². The molecule has 0 saturated carbocycles. The van der Waals surface area contributed by atoms with Crippen molar-refractivity contribution in [2.75, 3.05) is 0 Å². The summed E-state index contributed by atoms with van der Waals surface area (Å²) in [4.78, 5) is 34.2. The van der Waals surface area contributed by atoms with Crippen LogP contribution in [0.4, 0.5) is 0 Å². The average Bonchev–Trinajstić information content (AvgIpc) is 2.89. The van der Waals surface area contributed by atoms with Crippen molar-refractivity contribution in [3.8, 4) is 0 Å². The number of nitrogens with two attached hydrogens (primary N) is 1. The van der Waals surface area contributed by atoms with Gasteiger partial charge in [-0.25, -0.2) is 4.98 Å². The highest BCUT2D eigenvalue weighted by Gasteiger charge is 2.28. The number of fused-ring (bicyclic) bond motifs is 1. The average molecular weight is 483 g/mol. The molecule has 2 amide bonds. The molecule has 0 saturated heterocycles. The molecule has 0 aliphatic carbocycles. The largest absolute Gasteiger partial charge is 0.391 e. The lowest BCUT2D eigenvalue weighted by Gasteiger charge is -2.27. The number of hydrogen-bond donors (Lipinski definition) is 3. The van der Waals surface area contributed by atoms with Crippen LogP contribution in [0.25, 0.3) is 11.0 Å².